The lowest BCUT2D eigenvalue weighted by atomic mass is 10.2. The number of amides is 1. The number of halogens is 2. The quantitative estimate of drug-likeness (QED) is 0.412. The third kappa shape index (κ3) is 4.02. The summed E-state index contributed by atoms with van der Waals surface area (Å²) < 4.78 is 9.47. The van der Waals surface area contributed by atoms with Crippen molar-refractivity contribution < 1.29 is 9.21 Å². The summed E-state index contributed by atoms with van der Waals surface area (Å²) in [4.78, 5) is 46.8. The molecule has 0 spiro atoms. The average molecular weight is 517 g/mol. The van der Waals surface area contributed by atoms with Gasteiger partial charge in [0.25, 0.3) is 11.5 Å². The van der Waals surface area contributed by atoms with E-state index < -0.39 is 11.2 Å². The van der Waals surface area contributed by atoms with Crippen LogP contribution in [0, 0.1) is 0 Å². The number of hydrogen-bond acceptors (Lipinski definition) is 6. The van der Waals surface area contributed by atoms with Gasteiger partial charge in [0.05, 0.1) is 22.9 Å². The maximum absolute atomic E-state index is 13.2. The highest BCUT2D eigenvalue weighted by Crippen LogP contribution is 2.26. The molecule has 35 heavy (non-hydrogen) atoms. The van der Waals surface area contributed by atoms with E-state index in [4.69, 9.17) is 32.6 Å². The van der Waals surface area contributed by atoms with Gasteiger partial charge in [0, 0.05) is 40.3 Å². The highest BCUT2D eigenvalue weighted by molar-refractivity contribution is 6.42. The summed E-state index contributed by atoms with van der Waals surface area (Å²) in [7, 11) is 3.03. The molecule has 1 saturated heterocycles. The van der Waals surface area contributed by atoms with Crippen LogP contribution < -0.4 is 16.1 Å². The molecule has 10 nitrogen and oxygen atoms in total. The first-order chi connectivity index (χ1) is 16.8. The Morgan fingerprint density at radius 2 is 1.77 bits per heavy atom. The van der Waals surface area contributed by atoms with Crippen LogP contribution in [0.25, 0.3) is 11.2 Å². The Morgan fingerprint density at radius 3 is 2.43 bits per heavy atom. The van der Waals surface area contributed by atoms with Crippen LogP contribution >= 0.6 is 23.2 Å². The number of hydrogen-bond donors (Lipinski definition) is 0. The fourth-order valence-corrected chi connectivity index (χ4v) is 4.63. The molecule has 182 valence electrons. The Balaban J connectivity index is 1.55. The van der Waals surface area contributed by atoms with Crippen molar-refractivity contribution in [2.75, 3.05) is 31.1 Å². The summed E-state index contributed by atoms with van der Waals surface area (Å²) in [5, 5.41) is 0.835. The number of imidazole rings is 1. The van der Waals surface area contributed by atoms with E-state index in [-0.39, 0.29) is 5.91 Å². The zero-order valence-corrected chi connectivity index (χ0v) is 20.6. The lowest BCUT2D eigenvalue weighted by Crippen LogP contribution is -2.49. The number of furan rings is 1. The van der Waals surface area contributed by atoms with Crippen LogP contribution in [-0.2, 0) is 20.6 Å². The zero-order valence-electron chi connectivity index (χ0n) is 19.1. The molecular formula is C23H22Cl2N6O4. The minimum atomic E-state index is -0.456. The largest absolute Gasteiger partial charge is 0.459 e. The van der Waals surface area contributed by atoms with Gasteiger partial charge < -0.3 is 14.2 Å². The molecule has 0 bridgehead atoms. The maximum atomic E-state index is 13.2. The summed E-state index contributed by atoms with van der Waals surface area (Å²) in [5.41, 5.74) is 0.533. The number of aryl methyl sites for hydroxylation is 1. The molecule has 0 radical (unpaired) electrons. The smallest absolute Gasteiger partial charge is 0.332 e. The van der Waals surface area contributed by atoms with Crippen LogP contribution in [0.1, 0.15) is 16.1 Å². The first-order valence-electron chi connectivity index (χ1n) is 10.9. The number of benzene rings is 1. The second-order valence-electron chi connectivity index (χ2n) is 8.38. The third-order valence-electron chi connectivity index (χ3n) is 6.23. The van der Waals surface area contributed by atoms with Crippen LogP contribution in [0.5, 0.6) is 0 Å². The molecule has 0 saturated carbocycles. The van der Waals surface area contributed by atoms with Gasteiger partial charge in [-0.2, -0.15) is 4.98 Å². The van der Waals surface area contributed by atoms with Crippen molar-refractivity contribution in [2.45, 2.75) is 6.54 Å². The normalized spacial score (nSPS) is 14.2. The molecule has 12 heteroatoms. The molecule has 4 aromatic rings. The summed E-state index contributed by atoms with van der Waals surface area (Å²) in [6.07, 6.45) is 1.47. The van der Waals surface area contributed by atoms with Gasteiger partial charge in [-0.25, -0.2) is 4.79 Å². The first kappa shape index (κ1) is 23.3. The van der Waals surface area contributed by atoms with Crippen molar-refractivity contribution in [3.8, 4) is 0 Å². The van der Waals surface area contributed by atoms with Crippen molar-refractivity contribution in [1.29, 1.82) is 0 Å². The zero-order chi connectivity index (χ0) is 24.9. The first-order valence-corrected chi connectivity index (χ1v) is 11.7. The highest BCUT2D eigenvalue weighted by atomic mass is 35.5. The van der Waals surface area contributed by atoms with Gasteiger partial charge in [-0.1, -0.05) is 29.3 Å². The standard InChI is InChI=1S/C23H22Cl2N6O4/c1-27-19-18(21(33)28(2)23(27)34)31(13-14-5-6-15(24)16(25)12-14)22(26-19)30-9-7-29(8-10-30)20(32)17-4-3-11-35-17/h3-6,11-12H,7-10,13H2,1-2H3. The second kappa shape index (κ2) is 8.94. The van der Waals surface area contributed by atoms with E-state index in [9.17, 15) is 14.4 Å². The minimum absolute atomic E-state index is 0.171. The molecule has 1 aliphatic rings. The number of piperazine rings is 1. The topological polar surface area (TPSA) is 98.5 Å². The number of carbonyl (C=O) groups excluding carboxylic acids is 1. The molecule has 1 amide bonds. The van der Waals surface area contributed by atoms with E-state index in [1.807, 2.05) is 11.0 Å². The Labute approximate surface area is 209 Å². The molecule has 1 fully saturated rings. The van der Waals surface area contributed by atoms with E-state index in [0.717, 1.165) is 10.1 Å². The fourth-order valence-electron chi connectivity index (χ4n) is 4.31. The number of aromatic nitrogens is 4. The van der Waals surface area contributed by atoms with Crippen molar-refractivity contribution >= 4 is 46.2 Å². The van der Waals surface area contributed by atoms with Gasteiger partial charge in [0.2, 0.25) is 5.95 Å². The number of anilines is 1. The average Bonchev–Trinajstić information content (AvgIpc) is 3.52. The molecule has 1 aromatic carbocycles. The van der Waals surface area contributed by atoms with Crippen molar-refractivity contribution in [3.63, 3.8) is 0 Å². The number of nitrogens with zero attached hydrogens (tertiary/aromatic N) is 6. The number of fused-ring (bicyclic) bond motifs is 1. The fraction of sp³-hybridized carbons (Fsp3) is 0.304. The Morgan fingerprint density at radius 1 is 1.03 bits per heavy atom. The Bertz CT molecular complexity index is 1540. The van der Waals surface area contributed by atoms with Crippen LogP contribution in [0.15, 0.2) is 50.6 Å². The molecule has 5 rings (SSSR count). The Kier molecular flexibility index (Phi) is 5.94. The maximum Gasteiger partial charge on any atom is 0.332 e. The second-order valence-corrected chi connectivity index (χ2v) is 9.20. The summed E-state index contributed by atoms with van der Waals surface area (Å²) >= 11 is 12.3. The van der Waals surface area contributed by atoms with Crippen LogP contribution in [0.4, 0.5) is 5.95 Å². The third-order valence-corrected chi connectivity index (χ3v) is 6.97. The molecule has 4 heterocycles. The molecule has 1 aliphatic heterocycles. The molecule has 0 unspecified atom stereocenters. The SMILES string of the molecule is Cn1c(=O)c2c(nc(N3CCN(C(=O)c4ccco4)CC3)n2Cc2ccc(Cl)c(Cl)c2)n(C)c1=O. The molecule has 3 aromatic heterocycles. The highest BCUT2D eigenvalue weighted by Gasteiger charge is 2.28. The van der Waals surface area contributed by atoms with E-state index >= 15 is 0 Å². The van der Waals surface area contributed by atoms with Gasteiger partial charge in [-0.3, -0.25) is 23.3 Å². The number of carbonyl (C=O) groups is 1. The summed E-state index contributed by atoms with van der Waals surface area (Å²) in [6.45, 7) is 2.18. The van der Waals surface area contributed by atoms with E-state index in [0.29, 0.717) is 65.6 Å². The minimum Gasteiger partial charge on any atom is -0.459 e. The van der Waals surface area contributed by atoms with E-state index in [1.54, 1.807) is 40.8 Å². The molecule has 0 aliphatic carbocycles. The lowest BCUT2D eigenvalue weighted by Gasteiger charge is -2.35. The van der Waals surface area contributed by atoms with Crippen molar-refractivity contribution in [1.82, 2.24) is 23.6 Å². The van der Waals surface area contributed by atoms with E-state index in [1.165, 1.54) is 17.9 Å². The number of rotatable bonds is 4. The van der Waals surface area contributed by atoms with Crippen molar-refractivity contribution in [3.05, 3.63) is 78.8 Å². The predicted octanol–water partition coefficient (Wildman–Crippen LogP) is 2.34. The Hall–Kier alpha value is -3.50. The lowest BCUT2D eigenvalue weighted by molar-refractivity contribution is 0.0714. The molecule has 0 N–H and O–H groups in total. The molecule has 0 atom stereocenters. The van der Waals surface area contributed by atoms with Crippen LogP contribution in [-0.4, -0.2) is 55.7 Å². The van der Waals surface area contributed by atoms with Gasteiger partial charge in [-0.05, 0) is 29.8 Å². The van der Waals surface area contributed by atoms with Gasteiger partial charge >= 0.3 is 5.69 Å². The van der Waals surface area contributed by atoms with Crippen LogP contribution in [0.3, 0.4) is 0 Å². The van der Waals surface area contributed by atoms with Gasteiger partial charge in [0.15, 0.2) is 16.9 Å². The van der Waals surface area contributed by atoms with Crippen molar-refractivity contribution in [2.24, 2.45) is 14.1 Å². The van der Waals surface area contributed by atoms with Gasteiger partial charge in [-0.15, -0.1) is 0 Å². The van der Waals surface area contributed by atoms with Gasteiger partial charge in [0.1, 0.15) is 0 Å². The van der Waals surface area contributed by atoms with E-state index in [2.05, 4.69) is 0 Å². The summed E-state index contributed by atoms with van der Waals surface area (Å²) in [5.74, 6) is 0.661. The molecular weight excluding hydrogens is 495 g/mol. The predicted molar refractivity (Wildman–Crippen MR) is 133 cm³/mol. The monoisotopic (exact) mass is 516 g/mol. The van der Waals surface area contributed by atoms with Crippen LogP contribution in [0.2, 0.25) is 10.0 Å². The summed E-state index contributed by atoms with van der Waals surface area (Å²) in [6, 6.07) is 8.59.